The highest BCUT2D eigenvalue weighted by atomic mass is 32.2. The van der Waals surface area contributed by atoms with E-state index in [9.17, 15) is 13.5 Å². The number of benzene rings is 1. The average molecular weight is 433 g/mol. The van der Waals surface area contributed by atoms with E-state index in [-0.39, 0.29) is 4.90 Å². The molecule has 0 saturated carbocycles. The number of aromatic nitrogens is 2. The van der Waals surface area contributed by atoms with Gasteiger partial charge in [0.25, 0.3) is 0 Å². The lowest BCUT2D eigenvalue weighted by Gasteiger charge is -2.19. The van der Waals surface area contributed by atoms with Crippen molar-refractivity contribution in [2.75, 3.05) is 5.73 Å². The third kappa shape index (κ3) is 5.18. The van der Waals surface area contributed by atoms with Gasteiger partial charge in [0.15, 0.2) is 0 Å². The third-order valence-electron chi connectivity index (χ3n) is 4.53. The number of aryl methyl sites for hydroxylation is 2. The first kappa shape index (κ1) is 21.4. The first-order valence-corrected chi connectivity index (χ1v) is 11.4. The molecule has 0 aliphatic rings. The predicted octanol–water partition coefficient (Wildman–Crippen LogP) is 3.11. The van der Waals surface area contributed by atoms with E-state index in [2.05, 4.69) is 9.97 Å². The van der Waals surface area contributed by atoms with Crippen LogP contribution in [0.1, 0.15) is 30.8 Å². The maximum atomic E-state index is 11.9. The molecule has 0 spiro atoms. The highest BCUT2D eigenvalue weighted by molar-refractivity contribution is 7.89. The van der Waals surface area contributed by atoms with Gasteiger partial charge in [0.1, 0.15) is 5.82 Å². The van der Waals surface area contributed by atoms with Crippen molar-refractivity contribution in [3.05, 3.63) is 47.2 Å². The second-order valence-corrected chi connectivity index (χ2v) is 10.4. The molecule has 0 fully saturated rings. The van der Waals surface area contributed by atoms with Crippen LogP contribution in [-0.4, -0.2) is 29.1 Å². The highest BCUT2D eigenvalue weighted by Crippen LogP contribution is 2.35. The molecule has 2 heterocycles. The second kappa shape index (κ2) is 7.83. The zero-order chi connectivity index (χ0) is 21.4. The Balaban J connectivity index is 2.14. The average Bonchev–Trinajstić information content (AvgIpc) is 3.05. The van der Waals surface area contributed by atoms with Crippen molar-refractivity contribution in [2.24, 2.45) is 5.14 Å². The van der Waals surface area contributed by atoms with Crippen LogP contribution < -0.4 is 10.9 Å². The highest BCUT2D eigenvalue weighted by Gasteiger charge is 2.18. The van der Waals surface area contributed by atoms with Gasteiger partial charge in [-0.25, -0.2) is 23.5 Å². The Morgan fingerprint density at radius 3 is 2.45 bits per heavy atom. The summed E-state index contributed by atoms with van der Waals surface area (Å²) < 4.78 is 23.8. The molecule has 0 saturated heterocycles. The molecule has 3 rings (SSSR count). The number of primary sulfonamides is 1. The van der Waals surface area contributed by atoms with Gasteiger partial charge in [-0.1, -0.05) is 6.07 Å². The molecule has 0 aliphatic carbocycles. The third-order valence-corrected chi connectivity index (χ3v) is 6.39. The van der Waals surface area contributed by atoms with Gasteiger partial charge in [0, 0.05) is 23.5 Å². The van der Waals surface area contributed by atoms with E-state index in [1.807, 2.05) is 13.0 Å². The van der Waals surface area contributed by atoms with Crippen molar-refractivity contribution in [1.82, 2.24) is 9.97 Å². The second-order valence-electron chi connectivity index (χ2n) is 7.58. The molecule has 0 atom stereocenters. The van der Waals surface area contributed by atoms with Gasteiger partial charge in [0.05, 0.1) is 20.4 Å². The van der Waals surface area contributed by atoms with Gasteiger partial charge in [-0.3, -0.25) is 0 Å². The maximum absolute atomic E-state index is 11.9. The molecule has 29 heavy (non-hydrogen) atoms. The van der Waals surface area contributed by atoms with E-state index >= 15 is 0 Å². The summed E-state index contributed by atoms with van der Waals surface area (Å²) in [6.07, 6.45) is 4.43. The Hall–Kier alpha value is -2.33. The number of rotatable bonds is 6. The fourth-order valence-electron chi connectivity index (χ4n) is 2.97. The van der Waals surface area contributed by atoms with E-state index in [4.69, 9.17) is 10.9 Å². The number of anilines is 1. The number of pyridine rings is 1. The molecule has 154 valence electrons. The Morgan fingerprint density at radius 2 is 1.86 bits per heavy atom. The molecule has 0 radical (unpaired) electrons. The van der Waals surface area contributed by atoms with Crippen LogP contribution in [0.2, 0.25) is 0 Å². The molecule has 7 nitrogen and oxygen atoms in total. The van der Waals surface area contributed by atoms with Crippen molar-refractivity contribution in [3.63, 3.8) is 0 Å². The van der Waals surface area contributed by atoms with E-state index in [0.717, 1.165) is 26.6 Å². The molecular formula is C20H24N4O3S2. The Bertz CT molecular complexity index is 1150. The fraction of sp³-hybridized carbons (Fsp3) is 0.300. The Morgan fingerprint density at radius 1 is 1.14 bits per heavy atom. The van der Waals surface area contributed by atoms with E-state index in [1.165, 1.54) is 17.4 Å². The van der Waals surface area contributed by atoms with Crippen LogP contribution in [0, 0.1) is 6.92 Å². The summed E-state index contributed by atoms with van der Waals surface area (Å²) in [5, 5.41) is 16.3. The summed E-state index contributed by atoms with van der Waals surface area (Å²) in [7, 11) is -3.86. The van der Waals surface area contributed by atoms with Crippen molar-refractivity contribution in [2.45, 2.75) is 44.1 Å². The summed E-state index contributed by atoms with van der Waals surface area (Å²) in [6, 6.07) is 6.64. The molecule has 0 aliphatic heterocycles. The zero-order valence-corrected chi connectivity index (χ0v) is 18.1. The molecule has 0 bridgehead atoms. The van der Waals surface area contributed by atoms with E-state index in [0.29, 0.717) is 24.2 Å². The first-order chi connectivity index (χ1) is 13.4. The summed E-state index contributed by atoms with van der Waals surface area (Å²) in [5.74, 6) is 0.373. The monoisotopic (exact) mass is 432 g/mol. The summed E-state index contributed by atoms with van der Waals surface area (Å²) in [4.78, 5) is 9.48. The van der Waals surface area contributed by atoms with E-state index < -0.39 is 15.6 Å². The van der Waals surface area contributed by atoms with Crippen LogP contribution in [0.5, 0.6) is 0 Å². The van der Waals surface area contributed by atoms with Gasteiger partial charge in [-0.2, -0.15) is 0 Å². The van der Waals surface area contributed by atoms with Crippen LogP contribution in [0.4, 0.5) is 5.82 Å². The van der Waals surface area contributed by atoms with Crippen molar-refractivity contribution in [1.29, 1.82) is 0 Å². The molecule has 3 aromatic rings. The normalized spacial score (nSPS) is 12.3. The number of aliphatic hydroxyl groups is 1. The first-order valence-electron chi connectivity index (χ1n) is 9.01. The summed E-state index contributed by atoms with van der Waals surface area (Å²) >= 11 is 1.50. The van der Waals surface area contributed by atoms with Crippen molar-refractivity contribution >= 4 is 27.2 Å². The van der Waals surface area contributed by atoms with Crippen LogP contribution in [0.25, 0.3) is 21.6 Å². The van der Waals surface area contributed by atoms with Crippen LogP contribution in [0.15, 0.2) is 41.6 Å². The Kier molecular flexibility index (Phi) is 5.77. The molecule has 0 amide bonds. The number of thiazole rings is 1. The lowest BCUT2D eigenvalue weighted by Crippen LogP contribution is -2.19. The van der Waals surface area contributed by atoms with Crippen LogP contribution in [-0.2, 0) is 16.4 Å². The quantitative estimate of drug-likeness (QED) is 0.548. The number of hydrogen-bond acceptors (Lipinski definition) is 7. The summed E-state index contributed by atoms with van der Waals surface area (Å²) in [6.45, 7) is 5.38. The van der Waals surface area contributed by atoms with Crippen LogP contribution in [0.3, 0.4) is 0 Å². The number of sulfonamides is 1. The van der Waals surface area contributed by atoms with E-state index in [1.54, 1.807) is 38.4 Å². The maximum Gasteiger partial charge on any atom is 0.238 e. The van der Waals surface area contributed by atoms with Gasteiger partial charge < -0.3 is 10.8 Å². The SMILES string of the molecule is Cc1ncc(-c2cc(-c3cc(S(N)(=O)=O)ccc3CCC(C)(C)O)cnc2N)s1. The molecule has 2 aromatic heterocycles. The van der Waals surface area contributed by atoms with Gasteiger partial charge in [0.2, 0.25) is 10.0 Å². The van der Waals surface area contributed by atoms with Crippen molar-refractivity contribution in [3.8, 4) is 21.6 Å². The fourth-order valence-corrected chi connectivity index (χ4v) is 4.31. The smallest absolute Gasteiger partial charge is 0.238 e. The minimum Gasteiger partial charge on any atom is -0.390 e. The standard InChI is InChI=1S/C20H24N4O3S2/c1-12-23-11-18(28-12)17-8-14(10-24-19(17)21)16-9-15(29(22,26)27)5-4-13(16)6-7-20(2,3)25/h4-5,8-11,25H,6-7H2,1-3H3,(H2,21,24)(H2,22,26,27). The number of hydrogen-bond donors (Lipinski definition) is 3. The van der Waals surface area contributed by atoms with Crippen LogP contribution >= 0.6 is 11.3 Å². The molecular weight excluding hydrogens is 408 g/mol. The molecule has 1 aromatic carbocycles. The minimum absolute atomic E-state index is 0.0199. The number of nitrogen functional groups attached to an aromatic ring is 1. The molecule has 9 heteroatoms. The topological polar surface area (TPSA) is 132 Å². The number of nitrogens with two attached hydrogens (primary N) is 2. The molecule has 5 N–H and O–H groups in total. The lowest BCUT2D eigenvalue weighted by molar-refractivity contribution is 0.0714. The minimum atomic E-state index is -3.86. The number of nitrogens with zero attached hydrogens (tertiary/aromatic N) is 2. The summed E-state index contributed by atoms with van der Waals surface area (Å²) in [5.41, 5.74) is 8.27. The van der Waals surface area contributed by atoms with Gasteiger partial charge in [-0.15, -0.1) is 11.3 Å². The van der Waals surface area contributed by atoms with Gasteiger partial charge in [-0.05, 0) is 62.9 Å². The Labute approximate surface area is 174 Å². The zero-order valence-electron chi connectivity index (χ0n) is 16.5. The molecule has 0 unspecified atom stereocenters. The van der Waals surface area contributed by atoms with Crippen molar-refractivity contribution < 1.29 is 13.5 Å². The largest absolute Gasteiger partial charge is 0.390 e. The predicted molar refractivity (Wildman–Crippen MR) is 116 cm³/mol. The lowest BCUT2D eigenvalue weighted by atomic mass is 9.93. The van der Waals surface area contributed by atoms with Gasteiger partial charge >= 0.3 is 0 Å².